The van der Waals surface area contributed by atoms with Gasteiger partial charge < -0.3 is 4.52 Å². The molecule has 0 saturated carbocycles. The van der Waals surface area contributed by atoms with Gasteiger partial charge in [0.25, 0.3) is 0 Å². The molecule has 0 aromatic carbocycles. The van der Waals surface area contributed by atoms with Gasteiger partial charge in [-0.25, -0.2) is 0 Å². The van der Waals surface area contributed by atoms with Crippen molar-refractivity contribution in [1.29, 1.82) is 0 Å². The lowest BCUT2D eigenvalue weighted by atomic mass is 11.0. The fourth-order valence-electron chi connectivity index (χ4n) is 0.417. The van der Waals surface area contributed by atoms with Crippen LogP contribution in [-0.4, -0.2) is 19.0 Å². The summed E-state index contributed by atoms with van der Waals surface area (Å²) in [7, 11) is 1.65. The molecule has 0 aromatic rings. The van der Waals surface area contributed by atoms with E-state index in [0.29, 0.717) is 0 Å². The second-order valence-corrected chi connectivity index (χ2v) is 5.74. The number of hydrogen-bond donors (Lipinski definition) is 0. The third kappa shape index (κ3) is 3.71. The van der Waals surface area contributed by atoms with E-state index < -0.39 is 0 Å². The van der Waals surface area contributed by atoms with Crippen molar-refractivity contribution in [3.8, 4) is 0 Å². The van der Waals surface area contributed by atoms with E-state index in [1.807, 2.05) is 11.4 Å². The minimum absolute atomic E-state index is 0.140. The summed E-state index contributed by atoms with van der Waals surface area (Å²) in [6, 6.07) is 0. The maximum absolute atomic E-state index is 5.17. The summed E-state index contributed by atoms with van der Waals surface area (Å²) in [6.45, 7) is 4.33. The fourth-order valence-corrected chi connectivity index (χ4v) is 2.98. The van der Waals surface area contributed by atoms with Crippen molar-refractivity contribution in [2.45, 2.75) is 13.8 Å². The molecule has 1 unspecified atom stereocenters. The summed E-state index contributed by atoms with van der Waals surface area (Å²) < 4.78 is 5.17. The monoisotopic (exact) mass is 152 g/mol. The van der Waals surface area contributed by atoms with Gasteiger partial charge in [0, 0.05) is 7.11 Å². The summed E-state index contributed by atoms with van der Waals surface area (Å²) in [4.78, 5) is 0. The van der Waals surface area contributed by atoms with Crippen molar-refractivity contribution in [2.75, 3.05) is 19.0 Å². The number of rotatable bonds is 4. The van der Waals surface area contributed by atoms with Gasteiger partial charge in [0.05, 0.1) is 7.35 Å². The van der Waals surface area contributed by atoms with Gasteiger partial charge in [0.15, 0.2) is 0 Å². The van der Waals surface area contributed by atoms with Gasteiger partial charge in [-0.2, -0.15) is 0 Å². The molecule has 0 N–H and O–H groups in total. The van der Waals surface area contributed by atoms with Crippen molar-refractivity contribution in [3.63, 3.8) is 0 Å². The zero-order chi connectivity index (χ0) is 6.41. The molecular weight excluding hydrogens is 139 g/mol. The van der Waals surface area contributed by atoms with Gasteiger partial charge in [-0.15, -0.1) is 11.4 Å². The Hall–Kier alpha value is 0.740. The quantitative estimate of drug-likeness (QED) is 0.573. The van der Waals surface area contributed by atoms with Gasteiger partial charge >= 0.3 is 0 Å². The third-order valence-corrected chi connectivity index (χ3v) is 5.07. The van der Waals surface area contributed by atoms with Crippen LogP contribution in [-0.2, 0) is 4.52 Å². The molecule has 0 rings (SSSR count). The first-order valence-corrected chi connectivity index (χ1v) is 5.83. The molecule has 0 aromatic heterocycles. The first kappa shape index (κ1) is 8.74. The van der Waals surface area contributed by atoms with Crippen molar-refractivity contribution < 1.29 is 4.52 Å². The molecule has 3 heteroatoms. The van der Waals surface area contributed by atoms with Crippen LogP contribution in [0.5, 0.6) is 0 Å². The maximum Gasteiger partial charge on any atom is 0.0880 e. The summed E-state index contributed by atoms with van der Waals surface area (Å²) >= 11 is 1.92. The van der Waals surface area contributed by atoms with Crippen molar-refractivity contribution in [3.05, 3.63) is 0 Å². The Kier molecular flexibility index (Phi) is 6.41. The van der Waals surface area contributed by atoms with Crippen molar-refractivity contribution >= 4 is 18.7 Å². The second kappa shape index (κ2) is 5.87. The lowest BCUT2D eigenvalue weighted by Gasteiger charge is -2.08. The van der Waals surface area contributed by atoms with Gasteiger partial charge in [-0.05, 0) is 11.9 Å². The lowest BCUT2D eigenvalue weighted by Crippen LogP contribution is -1.76. The van der Waals surface area contributed by atoms with E-state index in [1.165, 1.54) is 11.9 Å². The Labute approximate surface area is 56.8 Å². The molecule has 0 aliphatic heterocycles. The predicted molar refractivity (Wildman–Crippen MR) is 42.6 cm³/mol. The van der Waals surface area contributed by atoms with Gasteiger partial charge in [0.2, 0.25) is 0 Å². The molecule has 0 aliphatic rings. The normalized spacial score (nSPS) is 13.9. The minimum Gasteiger partial charge on any atom is -0.351 e. The Balaban J connectivity index is 3.07. The minimum atomic E-state index is -0.140. The molecule has 0 radical (unpaired) electrons. The molecule has 0 saturated heterocycles. The molecule has 1 atom stereocenters. The summed E-state index contributed by atoms with van der Waals surface area (Å²) in [5, 5.41) is 0. The van der Waals surface area contributed by atoms with Crippen LogP contribution < -0.4 is 0 Å². The topological polar surface area (TPSA) is 9.23 Å². The van der Waals surface area contributed by atoms with E-state index in [0.717, 1.165) is 0 Å². The Bertz CT molecular complexity index is 47.7. The van der Waals surface area contributed by atoms with Crippen LogP contribution in [0.15, 0.2) is 0 Å². The Morgan fingerprint density at radius 1 is 1.50 bits per heavy atom. The molecule has 8 heavy (non-hydrogen) atoms. The largest absolute Gasteiger partial charge is 0.351 e. The molecule has 0 spiro atoms. The molecule has 0 fully saturated rings. The standard InChI is InChI=1S/C5H13OPS/c1-4-7(6-3)8-5-2/h4-5H2,1-3H3. The van der Waals surface area contributed by atoms with Crippen molar-refractivity contribution in [1.82, 2.24) is 0 Å². The van der Waals surface area contributed by atoms with Crippen LogP contribution in [0.25, 0.3) is 0 Å². The average Bonchev–Trinajstić information content (AvgIpc) is 1.83. The molecule has 0 amide bonds. The average molecular weight is 152 g/mol. The SMILES string of the molecule is CCSP(CC)OC. The predicted octanol–water partition coefficient (Wildman–Crippen LogP) is 2.72. The highest BCUT2D eigenvalue weighted by Crippen LogP contribution is 2.48. The highest BCUT2D eigenvalue weighted by molar-refractivity contribution is 8.54. The number of hydrogen-bond acceptors (Lipinski definition) is 2. The van der Waals surface area contributed by atoms with Crippen LogP contribution in [0.1, 0.15) is 13.8 Å². The smallest absolute Gasteiger partial charge is 0.0880 e. The van der Waals surface area contributed by atoms with Crippen LogP contribution in [0.2, 0.25) is 0 Å². The van der Waals surface area contributed by atoms with E-state index in [4.69, 9.17) is 4.52 Å². The first-order valence-electron chi connectivity index (χ1n) is 2.79. The van der Waals surface area contributed by atoms with E-state index in [1.54, 1.807) is 7.11 Å². The molecule has 0 bridgehead atoms. The van der Waals surface area contributed by atoms with Gasteiger partial charge in [-0.1, -0.05) is 13.8 Å². The third-order valence-electron chi connectivity index (χ3n) is 0.735. The highest BCUT2D eigenvalue weighted by Gasteiger charge is 2.00. The Morgan fingerprint density at radius 3 is 2.25 bits per heavy atom. The molecular formula is C5H13OPS. The molecule has 0 aliphatic carbocycles. The van der Waals surface area contributed by atoms with Crippen LogP contribution in [0.4, 0.5) is 0 Å². The highest BCUT2D eigenvalue weighted by atomic mass is 32.7. The van der Waals surface area contributed by atoms with Crippen LogP contribution in [0, 0.1) is 0 Å². The first-order chi connectivity index (χ1) is 3.85. The van der Waals surface area contributed by atoms with E-state index >= 15 is 0 Å². The van der Waals surface area contributed by atoms with Gasteiger partial charge in [-0.3, -0.25) is 0 Å². The molecule has 0 heterocycles. The van der Waals surface area contributed by atoms with Crippen molar-refractivity contribution in [2.24, 2.45) is 0 Å². The Morgan fingerprint density at radius 2 is 2.12 bits per heavy atom. The maximum atomic E-state index is 5.17. The molecule has 50 valence electrons. The summed E-state index contributed by atoms with van der Waals surface area (Å²) in [5.41, 5.74) is 0. The van der Waals surface area contributed by atoms with E-state index in [9.17, 15) is 0 Å². The second-order valence-electron chi connectivity index (χ2n) is 1.25. The zero-order valence-corrected chi connectivity index (χ0v) is 7.39. The summed E-state index contributed by atoms with van der Waals surface area (Å²) in [6.07, 6.45) is 1.17. The van der Waals surface area contributed by atoms with Gasteiger partial charge in [0.1, 0.15) is 0 Å². The van der Waals surface area contributed by atoms with Crippen LogP contribution >= 0.6 is 18.7 Å². The molecule has 1 nitrogen and oxygen atoms in total. The fraction of sp³-hybridized carbons (Fsp3) is 1.00. The van der Waals surface area contributed by atoms with Crippen LogP contribution in [0.3, 0.4) is 0 Å². The zero-order valence-electron chi connectivity index (χ0n) is 5.68. The lowest BCUT2D eigenvalue weighted by molar-refractivity contribution is 0.472. The van der Waals surface area contributed by atoms with E-state index in [2.05, 4.69) is 13.8 Å². The van der Waals surface area contributed by atoms with E-state index in [-0.39, 0.29) is 7.35 Å². The summed E-state index contributed by atoms with van der Waals surface area (Å²) in [5.74, 6) is 1.17.